The molecule has 0 aliphatic heterocycles. The Morgan fingerprint density at radius 1 is 1.14 bits per heavy atom. The highest BCUT2D eigenvalue weighted by molar-refractivity contribution is 5.80. The monoisotopic (exact) mass is 283 g/mol. The molecule has 6 heteroatoms. The van der Waals surface area contributed by atoms with Crippen LogP contribution in [0.1, 0.15) is 0 Å². The number of nitro groups is 1. The molecule has 106 valence electrons. The van der Waals surface area contributed by atoms with Crippen LogP contribution in [-0.2, 0) is 6.54 Å². The smallest absolute Gasteiger partial charge is 0.269 e. The van der Waals surface area contributed by atoms with Crippen molar-refractivity contribution in [1.82, 2.24) is 9.55 Å². The summed E-state index contributed by atoms with van der Waals surface area (Å²) < 4.78 is 1.91. The van der Waals surface area contributed by atoms with E-state index in [0.717, 1.165) is 16.6 Å². The number of imidazole rings is 1. The van der Waals surface area contributed by atoms with E-state index in [2.05, 4.69) is 4.98 Å². The van der Waals surface area contributed by atoms with Crippen molar-refractivity contribution in [3.63, 3.8) is 0 Å². The fourth-order valence-electron chi connectivity index (χ4n) is 2.35. The molecule has 1 N–H and O–H groups in total. The first-order chi connectivity index (χ1) is 10.2. The van der Waals surface area contributed by atoms with Crippen LogP contribution in [0.4, 0.5) is 5.69 Å². The zero-order valence-electron chi connectivity index (χ0n) is 11.1. The third-order valence-electron chi connectivity index (χ3n) is 3.31. The van der Waals surface area contributed by atoms with E-state index in [9.17, 15) is 15.2 Å². The van der Waals surface area contributed by atoms with Gasteiger partial charge in [0.15, 0.2) is 0 Å². The van der Waals surface area contributed by atoms with Crippen molar-refractivity contribution in [2.24, 2.45) is 0 Å². The van der Waals surface area contributed by atoms with Gasteiger partial charge in [-0.05, 0) is 24.3 Å². The van der Waals surface area contributed by atoms with Crippen molar-refractivity contribution in [2.45, 2.75) is 6.54 Å². The van der Waals surface area contributed by atoms with Gasteiger partial charge in [-0.2, -0.15) is 0 Å². The van der Waals surface area contributed by atoms with Crippen molar-refractivity contribution in [2.75, 3.05) is 6.61 Å². The summed E-state index contributed by atoms with van der Waals surface area (Å²) in [5.41, 5.74) is 2.59. The van der Waals surface area contributed by atoms with E-state index in [1.54, 1.807) is 12.1 Å². The average Bonchev–Trinajstić information content (AvgIpc) is 2.87. The van der Waals surface area contributed by atoms with Crippen LogP contribution in [0.25, 0.3) is 22.4 Å². The molecule has 0 saturated carbocycles. The molecule has 0 aliphatic rings. The number of hydrogen-bond acceptors (Lipinski definition) is 4. The summed E-state index contributed by atoms with van der Waals surface area (Å²) in [7, 11) is 0. The van der Waals surface area contributed by atoms with Crippen molar-refractivity contribution in [3.8, 4) is 11.4 Å². The summed E-state index contributed by atoms with van der Waals surface area (Å²) in [6.07, 6.45) is 0. The first-order valence-corrected chi connectivity index (χ1v) is 6.51. The SMILES string of the molecule is O=[N+]([O-])c1ccc(-c2nc3ccccc3n2CCO)cc1. The Morgan fingerprint density at radius 2 is 1.86 bits per heavy atom. The molecule has 0 aliphatic carbocycles. The van der Waals surface area contributed by atoms with E-state index < -0.39 is 4.92 Å². The molecule has 3 aromatic rings. The van der Waals surface area contributed by atoms with E-state index in [1.807, 2.05) is 28.8 Å². The molecule has 2 aromatic carbocycles. The van der Waals surface area contributed by atoms with Gasteiger partial charge in [0.05, 0.1) is 22.6 Å². The van der Waals surface area contributed by atoms with Gasteiger partial charge in [0.1, 0.15) is 5.82 Å². The lowest BCUT2D eigenvalue weighted by Crippen LogP contribution is -2.04. The molecule has 0 spiro atoms. The van der Waals surface area contributed by atoms with E-state index in [0.29, 0.717) is 12.4 Å². The van der Waals surface area contributed by atoms with Gasteiger partial charge in [0.25, 0.3) is 5.69 Å². The highest BCUT2D eigenvalue weighted by Gasteiger charge is 2.13. The number of non-ortho nitro benzene ring substituents is 1. The maximum Gasteiger partial charge on any atom is 0.269 e. The number of aromatic nitrogens is 2. The van der Waals surface area contributed by atoms with Crippen molar-refractivity contribution >= 4 is 16.7 Å². The van der Waals surface area contributed by atoms with Crippen LogP contribution in [-0.4, -0.2) is 26.2 Å². The predicted molar refractivity (Wildman–Crippen MR) is 78.9 cm³/mol. The van der Waals surface area contributed by atoms with Gasteiger partial charge in [-0.1, -0.05) is 12.1 Å². The second-order valence-corrected chi connectivity index (χ2v) is 4.60. The number of aliphatic hydroxyl groups is 1. The normalized spacial score (nSPS) is 10.9. The standard InChI is InChI=1S/C15H13N3O3/c19-10-9-17-14-4-2-1-3-13(14)16-15(17)11-5-7-12(8-6-11)18(20)21/h1-8,19H,9-10H2. The fraction of sp³-hybridized carbons (Fsp3) is 0.133. The number of nitro benzene ring substituents is 1. The number of fused-ring (bicyclic) bond motifs is 1. The summed E-state index contributed by atoms with van der Waals surface area (Å²) in [5.74, 6) is 0.695. The number of para-hydroxylation sites is 2. The van der Waals surface area contributed by atoms with E-state index in [1.165, 1.54) is 12.1 Å². The Kier molecular flexibility index (Phi) is 3.37. The summed E-state index contributed by atoms with van der Waals surface area (Å²) >= 11 is 0. The Labute approximate surface area is 120 Å². The molecule has 0 fully saturated rings. The van der Waals surface area contributed by atoms with Crippen molar-refractivity contribution in [3.05, 3.63) is 58.6 Å². The zero-order valence-corrected chi connectivity index (χ0v) is 11.1. The molecule has 0 atom stereocenters. The summed E-state index contributed by atoms with van der Waals surface area (Å²) in [6.45, 7) is 0.424. The molecular formula is C15H13N3O3. The minimum absolute atomic E-state index is 0.000333. The Balaban J connectivity index is 2.14. The van der Waals surface area contributed by atoms with Gasteiger partial charge >= 0.3 is 0 Å². The molecule has 1 heterocycles. The van der Waals surface area contributed by atoms with Crippen LogP contribution in [0.5, 0.6) is 0 Å². The quantitative estimate of drug-likeness (QED) is 0.589. The zero-order chi connectivity index (χ0) is 14.8. The summed E-state index contributed by atoms with van der Waals surface area (Å²) in [4.78, 5) is 14.8. The minimum atomic E-state index is -0.430. The lowest BCUT2D eigenvalue weighted by Gasteiger charge is -2.07. The van der Waals surface area contributed by atoms with Gasteiger partial charge in [0.2, 0.25) is 0 Å². The molecule has 0 saturated heterocycles. The third kappa shape index (κ3) is 2.36. The molecule has 0 unspecified atom stereocenters. The molecule has 0 bridgehead atoms. The molecule has 0 radical (unpaired) electrons. The van der Waals surface area contributed by atoms with Crippen LogP contribution in [0.3, 0.4) is 0 Å². The molecule has 0 amide bonds. The number of benzene rings is 2. The minimum Gasteiger partial charge on any atom is -0.395 e. The first-order valence-electron chi connectivity index (χ1n) is 6.51. The average molecular weight is 283 g/mol. The van der Waals surface area contributed by atoms with Gasteiger partial charge < -0.3 is 9.67 Å². The maximum atomic E-state index is 10.7. The Morgan fingerprint density at radius 3 is 2.52 bits per heavy atom. The Hall–Kier alpha value is -2.73. The van der Waals surface area contributed by atoms with Crippen LogP contribution in [0.2, 0.25) is 0 Å². The van der Waals surface area contributed by atoms with Gasteiger partial charge in [-0.3, -0.25) is 10.1 Å². The van der Waals surface area contributed by atoms with Gasteiger partial charge in [0, 0.05) is 24.2 Å². The van der Waals surface area contributed by atoms with E-state index in [4.69, 9.17) is 0 Å². The summed E-state index contributed by atoms with van der Waals surface area (Å²) in [6, 6.07) is 13.9. The van der Waals surface area contributed by atoms with Gasteiger partial charge in [-0.25, -0.2) is 4.98 Å². The lowest BCUT2D eigenvalue weighted by atomic mass is 10.2. The maximum absolute atomic E-state index is 10.7. The first kappa shape index (κ1) is 13.3. The second kappa shape index (κ2) is 5.34. The van der Waals surface area contributed by atoms with Crippen LogP contribution in [0, 0.1) is 10.1 Å². The number of aliphatic hydroxyl groups excluding tert-OH is 1. The number of rotatable bonds is 4. The lowest BCUT2D eigenvalue weighted by molar-refractivity contribution is -0.384. The molecule has 3 rings (SSSR count). The van der Waals surface area contributed by atoms with Crippen molar-refractivity contribution < 1.29 is 10.0 Å². The highest BCUT2D eigenvalue weighted by atomic mass is 16.6. The van der Waals surface area contributed by atoms with Gasteiger partial charge in [-0.15, -0.1) is 0 Å². The molecule has 6 nitrogen and oxygen atoms in total. The Bertz CT molecular complexity index is 794. The van der Waals surface area contributed by atoms with Crippen molar-refractivity contribution in [1.29, 1.82) is 0 Å². The fourth-order valence-corrected chi connectivity index (χ4v) is 2.35. The topological polar surface area (TPSA) is 81.2 Å². The number of hydrogen-bond donors (Lipinski definition) is 1. The predicted octanol–water partition coefficient (Wildman–Crippen LogP) is 2.60. The third-order valence-corrected chi connectivity index (χ3v) is 3.31. The molecule has 21 heavy (non-hydrogen) atoms. The molecule has 1 aromatic heterocycles. The van der Waals surface area contributed by atoms with E-state index >= 15 is 0 Å². The van der Waals surface area contributed by atoms with Crippen LogP contribution in [0.15, 0.2) is 48.5 Å². The molecular weight excluding hydrogens is 270 g/mol. The van der Waals surface area contributed by atoms with E-state index in [-0.39, 0.29) is 12.3 Å². The number of nitrogens with zero attached hydrogens (tertiary/aromatic N) is 3. The van der Waals surface area contributed by atoms with Crippen LogP contribution >= 0.6 is 0 Å². The highest BCUT2D eigenvalue weighted by Crippen LogP contribution is 2.26. The van der Waals surface area contributed by atoms with Crippen LogP contribution < -0.4 is 0 Å². The largest absolute Gasteiger partial charge is 0.395 e. The summed E-state index contributed by atoms with van der Waals surface area (Å²) in [5, 5.41) is 20.0. The second-order valence-electron chi connectivity index (χ2n) is 4.60.